The highest BCUT2D eigenvalue weighted by Gasteiger charge is 1.91. The molecule has 21 heavy (non-hydrogen) atoms. The van der Waals surface area contributed by atoms with E-state index in [2.05, 4.69) is 13.5 Å². The maximum absolute atomic E-state index is 8.57. The average Bonchev–Trinajstić information content (AvgIpc) is 2.55. The third-order valence-corrected chi connectivity index (χ3v) is 3.55. The molecule has 1 N–H and O–H groups in total. The molecule has 0 fully saturated rings. The molecule has 1 rings (SSSR count). The third kappa shape index (κ3) is 15.1. The van der Waals surface area contributed by atoms with Gasteiger partial charge >= 0.3 is 0 Å². The quantitative estimate of drug-likeness (QED) is 0.479. The van der Waals surface area contributed by atoms with Gasteiger partial charge in [0, 0.05) is 6.61 Å². The Balaban J connectivity index is 0.000000423. The average molecular weight is 290 g/mol. The Bertz CT molecular complexity index is 295. The first-order valence-electron chi connectivity index (χ1n) is 8.63. The summed E-state index contributed by atoms with van der Waals surface area (Å²) in [5.41, 5.74) is 1.17. The molecule has 0 atom stereocenters. The van der Waals surface area contributed by atoms with Crippen LogP contribution in [-0.2, 0) is 0 Å². The highest BCUT2D eigenvalue weighted by molar-refractivity contribution is 5.45. The van der Waals surface area contributed by atoms with Gasteiger partial charge in [0.15, 0.2) is 0 Å². The van der Waals surface area contributed by atoms with Crippen LogP contribution in [0.4, 0.5) is 0 Å². The maximum Gasteiger partial charge on any atom is 0.0431 e. The summed E-state index contributed by atoms with van der Waals surface area (Å²) in [5, 5.41) is 8.57. The van der Waals surface area contributed by atoms with Gasteiger partial charge in [0.1, 0.15) is 0 Å². The zero-order valence-electron chi connectivity index (χ0n) is 13.9. The van der Waals surface area contributed by atoms with E-state index in [0.29, 0.717) is 6.61 Å². The highest BCUT2D eigenvalue weighted by Crippen LogP contribution is 2.10. The summed E-state index contributed by atoms with van der Waals surface area (Å²) in [4.78, 5) is 0. The van der Waals surface area contributed by atoms with E-state index in [4.69, 9.17) is 5.11 Å². The highest BCUT2D eigenvalue weighted by atomic mass is 16.2. The van der Waals surface area contributed by atoms with Crippen LogP contribution in [0.25, 0.3) is 6.08 Å². The Morgan fingerprint density at radius 3 is 1.67 bits per heavy atom. The van der Waals surface area contributed by atoms with Crippen LogP contribution >= 0.6 is 0 Å². The molecule has 0 bridgehead atoms. The number of hydrogen-bond acceptors (Lipinski definition) is 1. The van der Waals surface area contributed by atoms with E-state index in [0.717, 1.165) is 6.42 Å². The lowest BCUT2D eigenvalue weighted by Gasteiger charge is -2.00. The lowest BCUT2D eigenvalue weighted by Crippen LogP contribution is -1.84. The van der Waals surface area contributed by atoms with Crippen molar-refractivity contribution in [3.63, 3.8) is 0 Å². The van der Waals surface area contributed by atoms with E-state index >= 15 is 0 Å². The Morgan fingerprint density at radius 2 is 1.29 bits per heavy atom. The van der Waals surface area contributed by atoms with Gasteiger partial charge in [-0.2, -0.15) is 0 Å². The lowest BCUT2D eigenvalue weighted by atomic mass is 10.1. The second-order valence-electron chi connectivity index (χ2n) is 5.52. The topological polar surface area (TPSA) is 20.2 Å². The molecule has 0 aliphatic heterocycles. The Morgan fingerprint density at radius 1 is 0.810 bits per heavy atom. The summed E-state index contributed by atoms with van der Waals surface area (Å²) in [6.45, 7) is 6.26. The maximum atomic E-state index is 8.57. The van der Waals surface area contributed by atoms with Crippen LogP contribution < -0.4 is 0 Å². The fraction of sp³-hybridized carbons (Fsp3) is 0.600. The van der Waals surface area contributed by atoms with Crippen molar-refractivity contribution in [3.8, 4) is 0 Å². The van der Waals surface area contributed by atoms with Crippen LogP contribution in [0.15, 0.2) is 36.9 Å². The molecule has 0 amide bonds. The Kier molecular flexibility index (Phi) is 16.1. The normalized spacial score (nSPS) is 9.81. The van der Waals surface area contributed by atoms with Crippen LogP contribution in [0.2, 0.25) is 0 Å². The van der Waals surface area contributed by atoms with Gasteiger partial charge < -0.3 is 5.11 Å². The minimum absolute atomic E-state index is 0.372. The molecule has 0 heterocycles. The molecule has 0 aliphatic rings. The summed E-state index contributed by atoms with van der Waals surface area (Å²) < 4.78 is 0. The van der Waals surface area contributed by atoms with Gasteiger partial charge in [0.05, 0.1) is 0 Å². The van der Waals surface area contributed by atoms with Crippen LogP contribution in [0, 0.1) is 0 Å². The Labute approximate surface area is 132 Å². The zero-order chi connectivity index (χ0) is 15.6. The second-order valence-corrected chi connectivity index (χ2v) is 5.52. The molecule has 0 spiro atoms. The number of rotatable bonds is 11. The van der Waals surface area contributed by atoms with Crippen LogP contribution in [0.1, 0.15) is 76.7 Å². The van der Waals surface area contributed by atoms with Crippen molar-refractivity contribution in [1.29, 1.82) is 0 Å². The predicted octanol–water partition coefficient (Wildman–Crippen LogP) is 6.23. The molecule has 1 aromatic carbocycles. The van der Waals surface area contributed by atoms with E-state index in [-0.39, 0.29) is 0 Å². The van der Waals surface area contributed by atoms with E-state index in [9.17, 15) is 0 Å². The van der Waals surface area contributed by atoms with Gasteiger partial charge in [-0.3, -0.25) is 0 Å². The third-order valence-electron chi connectivity index (χ3n) is 3.55. The van der Waals surface area contributed by atoms with Crippen molar-refractivity contribution in [3.05, 3.63) is 42.5 Å². The molecule has 1 heteroatoms. The van der Waals surface area contributed by atoms with Crippen LogP contribution in [-0.4, -0.2) is 11.7 Å². The van der Waals surface area contributed by atoms with Crippen molar-refractivity contribution in [2.24, 2.45) is 0 Å². The molecular formula is C20H34O. The van der Waals surface area contributed by atoms with Crippen LogP contribution in [0.5, 0.6) is 0 Å². The predicted molar refractivity (Wildman–Crippen MR) is 95.5 cm³/mol. The molecular weight excluding hydrogens is 256 g/mol. The number of unbranched alkanes of at least 4 members (excludes halogenated alkanes) is 9. The first kappa shape index (κ1) is 19.9. The van der Waals surface area contributed by atoms with Gasteiger partial charge in [-0.25, -0.2) is 0 Å². The molecule has 0 aliphatic carbocycles. The number of aliphatic hydroxyl groups is 1. The fourth-order valence-electron chi connectivity index (χ4n) is 2.19. The van der Waals surface area contributed by atoms with Crippen molar-refractivity contribution >= 4 is 6.08 Å². The standard InChI is InChI=1S/C12H26O.C8H8/c1-2-3-4-5-6-7-8-9-10-11-12-13;1-2-8-6-4-3-5-7-8/h13H,2-12H2,1H3;2-7H,1H2. The summed E-state index contributed by atoms with van der Waals surface area (Å²) in [6.07, 6.45) is 15.1. The molecule has 120 valence electrons. The minimum atomic E-state index is 0.372. The fourth-order valence-corrected chi connectivity index (χ4v) is 2.19. The van der Waals surface area contributed by atoms with Gasteiger partial charge in [-0.1, -0.05) is 108 Å². The lowest BCUT2D eigenvalue weighted by molar-refractivity contribution is 0.282. The van der Waals surface area contributed by atoms with E-state index in [1.807, 2.05) is 36.4 Å². The SMILES string of the molecule is C=Cc1ccccc1.CCCCCCCCCCCCO. The molecule has 1 aromatic rings. The molecule has 0 radical (unpaired) electrons. The summed E-state index contributed by atoms with van der Waals surface area (Å²) >= 11 is 0. The monoisotopic (exact) mass is 290 g/mol. The molecule has 1 nitrogen and oxygen atoms in total. The number of aliphatic hydroxyl groups excluding tert-OH is 1. The van der Waals surface area contributed by atoms with Crippen LogP contribution in [0.3, 0.4) is 0 Å². The molecule has 0 saturated carbocycles. The van der Waals surface area contributed by atoms with Gasteiger partial charge in [-0.15, -0.1) is 0 Å². The largest absolute Gasteiger partial charge is 0.396 e. The first-order chi connectivity index (χ1) is 10.3. The second kappa shape index (κ2) is 17.0. The van der Waals surface area contributed by atoms with Crippen molar-refractivity contribution in [1.82, 2.24) is 0 Å². The van der Waals surface area contributed by atoms with Gasteiger partial charge in [0.25, 0.3) is 0 Å². The smallest absolute Gasteiger partial charge is 0.0431 e. The summed E-state index contributed by atoms with van der Waals surface area (Å²) in [7, 11) is 0. The summed E-state index contributed by atoms with van der Waals surface area (Å²) in [5.74, 6) is 0. The van der Waals surface area contributed by atoms with Gasteiger partial charge in [0.2, 0.25) is 0 Å². The number of hydrogen-bond donors (Lipinski definition) is 1. The van der Waals surface area contributed by atoms with Gasteiger partial charge in [-0.05, 0) is 12.0 Å². The minimum Gasteiger partial charge on any atom is -0.396 e. The molecule has 0 unspecified atom stereocenters. The molecule has 0 aromatic heterocycles. The van der Waals surface area contributed by atoms with E-state index < -0.39 is 0 Å². The zero-order valence-corrected chi connectivity index (χ0v) is 13.9. The first-order valence-corrected chi connectivity index (χ1v) is 8.63. The van der Waals surface area contributed by atoms with E-state index in [1.165, 1.54) is 63.4 Å². The Hall–Kier alpha value is -1.08. The molecule has 0 saturated heterocycles. The van der Waals surface area contributed by atoms with Crippen molar-refractivity contribution in [2.45, 2.75) is 71.1 Å². The van der Waals surface area contributed by atoms with Crippen molar-refractivity contribution < 1.29 is 5.11 Å². The van der Waals surface area contributed by atoms with E-state index in [1.54, 1.807) is 0 Å². The van der Waals surface area contributed by atoms with Crippen molar-refractivity contribution in [2.75, 3.05) is 6.61 Å². The number of benzene rings is 1. The summed E-state index contributed by atoms with van der Waals surface area (Å²) in [6, 6.07) is 10.0.